The largest absolute Gasteiger partial charge is 0.353 e. The number of fused-ring (bicyclic) bond motifs is 1. The third-order valence-electron chi connectivity index (χ3n) is 3.87. The van der Waals surface area contributed by atoms with Gasteiger partial charge in [0.15, 0.2) is 5.16 Å². The number of amides is 1. The summed E-state index contributed by atoms with van der Waals surface area (Å²) in [6.45, 7) is 6.50. The average molecular weight is 405 g/mol. The second-order valence-corrected chi connectivity index (χ2v) is 8.08. The van der Waals surface area contributed by atoms with Gasteiger partial charge < -0.3 is 10.3 Å². The van der Waals surface area contributed by atoms with Gasteiger partial charge in [-0.25, -0.2) is 4.98 Å². The van der Waals surface area contributed by atoms with E-state index >= 15 is 0 Å². The highest BCUT2D eigenvalue weighted by molar-refractivity contribution is 7.99. The van der Waals surface area contributed by atoms with E-state index in [2.05, 4.69) is 15.3 Å². The summed E-state index contributed by atoms with van der Waals surface area (Å²) < 4.78 is 1.64. The molecule has 0 atom stereocenters. The van der Waals surface area contributed by atoms with Gasteiger partial charge in [-0.2, -0.15) is 0 Å². The summed E-state index contributed by atoms with van der Waals surface area (Å²) in [4.78, 5) is 32.8. The molecular weight excluding hydrogens is 384 g/mol. The molecule has 2 N–H and O–H groups in total. The summed E-state index contributed by atoms with van der Waals surface area (Å²) in [5.41, 5.74) is 2.44. The van der Waals surface area contributed by atoms with Gasteiger partial charge in [-0.1, -0.05) is 49.3 Å². The summed E-state index contributed by atoms with van der Waals surface area (Å²) in [5, 5.41) is 3.80. The van der Waals surface area contributed by atoms with E-state index in [-0.39, 0.29) is 23.1 Å². The molecule has 1 amide bonds. The molecule has 8 heteroatoms. The van der Waals surface area contributed by atoms with Gasteiger partial charge in [0.2, 0.25) is 5.91 Å². The van der Waals surface area contributed by atoms with Gasteiger partial charge in [0.25, 0.3) is 5.56 Å². The van der Waals surface area contributed by atoms with E-state index in [1.54, 1.807) is 28.8 Å². The van der Waals surface area contributed by atoms with Crippen LogP contribution in [0.1, 0.15) is 19.5 Å². The maximum Gasteiger partial charge on any atom is 0.278 e. The van der Waals surface area contributed by atoms with Crippen molar-refractivity contribution in [3.05, 3.63) is 51.4 Å². The Morgan fingerprint density at radius 2 is 2.11 bits per heavy atom. The van der Waals surface area contributed by atoms with Crippen LogP contribution < -0.4 is 10.9 Å². The van der Waals surface area contributed by atoms with E-state index in [9.17, 15) is 9.59 Å². The molecule has 3 rings (SSSR count). The van der Waals surface area contributed by atoms with Crippen molar-refractivity contribution < 1.29 is 4.79 Å². The number of halogens is 1. The standard InChI is InChI=1S/C19H21ClN4O2S/c1-11(2)9-24-18(26)17-15(8-12(3)21-17)23-19(24)27-10-16(25)22-14-7-5-4-6-13(14)20/h4-8,11,21H,9-10H2,1-3H3,(H,22,25). The number of aryl methyl sites for hydroxylation is 1. The molecule has 0 saturated carbocycles. The van der Waals surface area contributed by atoms with Crippen LogP contribution in [0, 0.1) is 12.8 Å². The van der Waals surface area contributed by atoms with Gasteiger partial charge in [0.1, 0.15) is 5.52 Å². The topological polar surface area (TPSA) is 79.8 Å². The number of hydrogen-bond donors (Lipinski definition) is 2. The van der Waals surface area contributed by atoms with Crippen molar-refractivity contribution in [2.75, 3.05) is 11.1 Å². The Morgan fingerprint density at radius 1 is 1.37 bits per heavy atom. The number of aromatic amines is 1. The average Bonchev–Trinajstić information content (AvgIpc) is 2.98. The van der Waals surface area contributed by atoms with Crippen molar-refractivity contribution in [2.24, 2.45) is 5.92 Å². The smallest absolute Gasteiger partial charge is 0.278 e. The van der Waals surface area contributed by atoms with E-state index in [0.717, 1.165) is 5.69 Å². The number of thioether (sulfide) groups is 1. The molecule has 0 aliphatic carbocycles. The molecule has 2 aromatic heterocycles. The SMILES string of the molecule is Cc1cc2nc(SCC(=O)Nc3ccccc3Cl)n(CC(C)C)c(=O)c2[nH]1. The molecule has 0 spiro atoms. The highest BCUT2D eigenvalue weighted by atomic mass is 35.5. The van der Waals surface area contributed by atoms with E-state index in [1.807, 2.05) is 26.8 Å². The molecule has 6 nitrogen and oxygen atoms in total. The maximum atomic E-state index is 12.8. The molecule has 1 aromatic carbocycles. The Kier molecular flexibility index (Phi) is 5.92. The van der Waals surface area contributed by atoms with E-state index in [1.165, 1.54) is 11.8 Å². The van der Waals surface area contributed by atoms with Gasteiger partial charge >= 0.3 is 0 Å². The number of anilines is 1. The van der Waals surface area contributed by atoms with Gasteiger partial charge in [-0.3, -0.25) is 14.2 Å². The van der Waals surface area contributed by atoms with E-state index in [0.29, 0.717) is 33.4 Å². The van der Waals surface area contributed by atoms with Crippen LogP contribution in [0.5, 0.6) is 0 Å². The number of carbonyl (C=O) groups is 1. The fourth-order valence-corrected chi connectivity index (χ4v) is 3.72. The van der Waals surface area contributed by atoms with Gasteiger partial charge in [-0.15, -0.1) is 0 Å². The second kappa shape index (κ2) is 8.19. The van der Waals surface area contributed by atoms with E-state index in [4.69, 9.17) is 11.6 Å². The fraction of sp³-hybridized carbons (Fsp3) is 0.316. The van der Waals surface area contributed by atoms with Crippen LogP contribution >= 0.6 is 23.4 Å². The molecular formula is C19H21ClN4O2S. The van der Waals surface area contributed by atoms with Crippen LogP contribution in [0.25, 0.3) is 11.0 Å². The molecule has 0 aliphatic rings. The molecule has 0 radical (unpaired) electrons. The molecule has 27 heavy (non-hydrogen) atoms. The minimum atomic E-state index is -0.205. The Labute approximate surface area is 166 Å². The maximum absolute atomic E-state index is 12.8. The first-order chi connectivity index (χ1) is 12.8. The molecule has 142 valence electrons. The Hall–Kier alpha value is -2.25. The lowest BCUT2D eigenvalue weighted by Gasteiger charge is -2.14. The third kappa shape index (κ3) is 4.54. The van der Waals surface area contributed by atoms with Crippen LogP contribution in [0.2, 0.25) is 5.02 Å². The quantitative estimate of drug-likeness (QED) is 0.479. The predicted octanol–water partition coefficient (Wildman–Crippen LogP) is 4.07. The normalized spacial score (nSPS) is 11.3. The number of rotatable bonds is 6. The van der Waals surface area contributed by atoms with Gasteiger partial charge in [0, 0.05) is 12.2 Å². The molecule has 0 aliphatic heterocycles. The molecule has 0 fully saturated rings. The number of carbonyl (C=O) groups excluding carboxylic acids is 1. The lowest BCUT2D eigenvalue weighted by Crippen LogP contribution is -2.26. The Morgan fingerprint density at radius 3 is 2.81 bits per heavy atom. The Bertz CT molecular complexity index is 1040. The van der Waals surface area contributed by atoms with Gasteiger partial charge in [-0.05, 0) is 31.0 Å². The molecule has 2 heterocycles. The highest BCUT2D eigenvalue weighted by Gasteiger charge is 2.16. The molecule has 3 aromatic rings. The third-order valence-corrected chi connectivity index (χ3v) is 5.17. The van der Waals surface area contributed by atoms with Crippen LogP contribution in [-0.4, -0.2) is 26.2 Å². The summed E-state index contributed by atoms with van der Waals surface area (Å²) in [5.74, 6) is 0.197. The van der Waals surface area contributed by atoms with Gasteiger partial charge in [0.05, 0.1) is 22.0 Å². The predicted molar refractivity (Wildman–Crippen MR) is 111 cm³/mol. The summed E-state index contributed by atoms with van der Waals surface area (Å²) >= 11 is 7.32. The lowest BCUT2D eigenvalue weighted by atomic mass is 10.2. The minimum Gasteiger partial charge on any atom is -0.353 e. The number of nitrogens with zero attached hydrogens (tertiary/aromatic N) is 2. The van der Waals surface area contributed by atoms with Crippen LogP contribution in [-0.2, 0) is 11.3 Å². The number of benzene rings is 1. The first-order valence-electron chi connectivity index (χ1n) is 8.62. The van der Waals surface area contributed by atoms with Crippen LogP contribution in [0.4, 0.5) is 5.69 Å². The first-order valence-corrected chi connectivity index (χ1v) is 9.99. The highest BCUT2D eigenvalue weighted by Crippen LogP contribution is 2.22. The Balaban J connectivity index is 1.83. The fourth-order valence-electron chi connectivity index (χ4n) is 2.73. The summed E-state index contributed by atoms with van der Waals surface area (Å²) in [6.07, 6.45) is 0. The second-order valence-electron chi connectivity index (χ2n) is 6.73. The number of hydrogen-bond acceptors (Lipinski definition) is 4. The molecule has 0 bridgehead atoms. The van der Waals surface area contributed by atoms with Crippen molar-refractivity contribution in [2.45, 2.75) is 32.5 Å². The van der Waals surface area contributed by atoms with Crippen molar-refractivity contribution in [3.8, 4) is 0 Å². The number of H-pyrrole nitrogens is 1. The first kappa shape index (κ1) is 19.5. The zero-order chi connectivity index (χ0) is 19.6. The monoisotopic (exact) mass is 404 g/mol. The van der Waals surface area contributed by atoms with Crippen molar-refractivity contribution >= 4 is 46.0 Å². The summed E-state index contributed by atoms with van der Waals surface area (Å²) in [7, 11) is 0. The lowest BCUT2D eigenvalue weighted by molar-refractivity contribution is -0.113. The van der Waals surface area contributed by atoms with Crippen LogP contribution in [0.15, 0.2) is 40.3 Å². The van der Waals surface area contributed by atoms with Crippen LogP contribution in [0.3, 0.4) is 0 Å². The number of para-hydroxylation sites is 1. The number of nitrogens with one attached hydrogen (secondary N) is 2. The zero-order valence-electron chi connectivity index (χ0n) is 15.4. The molecule has 0 saturated heterocycles. The number of aromatic nitrogens is 3. The minimum absolute atomic E-state index is 0.115. The van der Waals surface area contributed by atoms with Crippen molar-refractivity contribution in [3.63, 3.8) is 0 Å². The van der Waals surface area contributed by atoms with E-state index < -0.39 is 0 Å². The zero-order valence-corrected chi connectivity index (χ0v) is 16.9. The van der Waals surface area contributed by atoms with Crippen molar-refractivity contribution in [1.29, 1.82) is 0 Å². The molecule has 0 unspecified atom stereocenters. The summed E-state index contributed by atoms with van der Waals surface area (Å²) in [6, 6.07) is 8.90. The van der Waals surface area contributed by atoms with Crippen molar-refractivity contribution in [1.82, 2.24) is 14.5 Å².